The van der Waals surface area contributed by atoms with Crippen LogP contribution in [-0.4, -0.2) is 12.2 Å². The summed E-state index contributed by atoms with van der Waals surface area (Å²) in [6.45, 7) is 12.5. The van der Waals surface area contributed by atoms with Crippen LogP contribution >= 0.6 is 23.2 Å². The zero-order chi connectivity index (χ0) is 27.9. The van der Waals surface area contributed by atoms with Gasteiger partial charge in [-0.2, -0.15) is 0 Å². The zero-order valence-corrected chi connectivity index (χ0v) is 26.2. The predicted molar refractivity (Wildman–Crippen MR) is 163 cm³/mol. The standard InChI is InChI=1S/C34H49Cl2NO2/c1-21(2)7-6-8-22(3)27-12-13-28-26-11-9-23-19-25(15-17-33(23,4)29(26)16-18-34(27,28)5)39-32(38)37-24-10-14-30(35)31(36)20-24/h9-10,14,20-22,25-29H,6-8,11-13,15-19H2,1-5H3,(H,37,38)/t22-,25+,26-,27+,28+,29-,33+,34-/m1/s1. The molecule has 39 heavy (non-hydrogen) atoms. The molecule has 4 aliphatic carbocycles. The number of allylic oxidation sites excluding steroid dienone is 1. The molecule has 5 heteroatoms. The van der Waals surface area contributed by atoms with Crippen molar-refractivity contribution in [1.82, 2.24) is 0 Å². The summed E-state index contributed by atoms with van der Waals surface area (Å²) in [4.78, 5) is 12.7. The molecular formula is C34H49Cl2NO2. The van der Waals surface area contributed by atoms with E-state index >= 15 is 0 Å². The van der Waals surface area contributed by atoms with Gasteiger partial charge in [0.1, 0.15) is 6.10 Å². The third-order valence-electron chi connectivity index (χ3n) is 11.7. The molecule has 1 aromatic rings. The monoisotopic (exact) mass is 573 g/mol. The Morgan fingerprint density at radius 3 is 2.56 bits per heavy atom. The van der Waals surface area contributed by atoms with Crippen LogP contribution in [0.2, 0.25) is 10.0 Å². The summed E-state index contributed by atoms with van der Waals surface area (Å²) in [5, 5.41) is 3.71. The molecule has 0 aliphatic heterocycles. The molecule has 216 valence electrons. The van der Waals surface area contributed by atoms with E-state index in [0.717, 1.165) is 54.8 Å². The molecule has 0 bridgehead atoms. The Hall–Kier alpha value is -1.19. The number of halogens is 2. The lowest BCUT2D eigenvalue weighted by atomic mass is 9.47. The van der Waals surface area contributed by atoms with Gasteiger partial charge >= 0.3 is 6.09 Å². The first-order chi connectivity index (χ1) is 18.5. The van der Waals surface area contributed by atoms with Gasteiger partial charge in [-0.15, -0.1) is 0 Å². The maximum absolute atomic E-state index is 12.7. The third-order valence-corrected chi connectivity index (χ3v) is 12.4. The quantitative estimate of drug-likeness (QED) is 0.329. The fourth-order valence-corrected chi connectivity index (χ4v) is 9.92. The van der Waals surface area contributed by atoms with Gasteiger partial charge in [-0.1, -0.05) is 88.7 Å². The fraction of sp³-hybridized carbons (Fsp3) is 0.735. The normalized spacial score (nSPS) is 36.4. The molecule has 0 radical (unpaired) electrons. The van der Waals surface area contributed by atoms with Crippen molar-refractivity contribution in [2.45, 2.75) is 111 Å². The highest BCUT2D eigenvalue weighted by Gasteiger charge is 2.59. The molecule has 3 saturated carbocycles. The van der Waals surface area contributed by atoms with Gasteiger partial charge in [0.05, 0.1) is 10.0 Å². The molecule has 4 aliphatic rings. The van der Waals surface area contributed by atoms with Crippen LogP contribution in [0.5, 0.6) is 0 Å². The molecule has 3 fully saturated rings. The maximum Gasteiger partial charge on any atom is 0.411 e. The minimum atomic E-state index is -0.413. The van der Waals surface area contributed by atoms with E-state index in [1.165, 1.54) is 51.4 Å². The molecular weight excluding hydrogens is 525 g/mol. The van der Waals surface area contributed by atoms with Gasteiger partial charge in [-0.05, 0) is 109 Å². The first kappa shape index (κ1) is 29.3. The van der Waals surface area contributed by atoms with Gasteiger partial charge in [-0.3, -0.25) is 5.32 Å². The number of anilines is 1. The molecule has 0 unspecified atom stereocenters. The number of benzene rings is 1. The molecule has 0 saturated heterocycles. The highest BCUT2D eigenvalue weighted by atomic mass is 35.5. The smallest absolute Gasteiger partial charge is 0.411 e. The van der Waals surface area contributed by atoms with Crippen LogP contribution in [0.1, 0.15) is 105 Å². The van der Waals surface area contributed by atoms with Crippen molar-refractivity contribution in [3.63, 3.8) is 0 Å². The Morgan fingerprint density at radius 1 is 1.03 bits per heavy atom. The molecule has 1 amide bonds. The van der Waals surface area contributed by atoms with Crippen molar-refractivity contribution < 1.29 is 9.53 Å². The lowest BCUT2D eigenvalue weighted by Gasteiger charge is -2.58. The SMILES string of the molecule is CC(C)CCC[C@@H](C)[C@@H]1CC[C@H]2[C@H]3CC=C4C[C@@H](OC(=O)Nc5ccc(Cl)c(Cl)c5)CC[C@]4(C)[C@@H]3CC[C@@]21C. The van der Waals surface area contributed by atoms with Gasteiger partial charge in [0, 0.05) is 12.1 Å². The highest BCUT2D eigenvalue weighted by molar-refractivity contribution is 6.42. The van der Waals surface area contributed by atoms with E-state index in [4.69, 9.17) is 27.9 Å². The largest absolute Gasteiger partial charge is 0.446 e. The van der Waals surface area contributed by atoms with Crippen LogP contribution in [0, 0.1) is 46.3 Å². The van der Waals surface area contributed by atoms with Gasteiger partial charge in [0.15, 0.2) is 0 Å². The van der Waals surface area contributed by atoms with Crippen LogP contribution in [0.25, 0.3) is 0 Å². The van der Waals surface area contributed by atoms with Gasteiger partial charge in [0.25, 0.3) is 0 Å². The number of rotatable bonds is 7. The van der Waals surface area contributed by atoms with E-state index < -0.39 is 6.09 Å². The Morgan fingerprint density at radius 2 is 1.82 bits per heavy atom. The topological polar surface area (TPSA) is 38.3 Å². The fourth-order valence-electron chi connectivity index (χ4n) is 9.63. The maximum atomic E-state index is 12.7. The second-order valence-corrected chi connectivity index (χ2v) is 15.1. The summed E-state index contributed by atoms with van der Waals surface area (Å²) >= 11 is 12.1. The third kappa shape index (κ3) is 5.78. The minimum absolute atomic E-state index is 0.0694. The number of nitrogens with one attached hydrogen (secondary N) is 1. The molecule has 1 aromatic carbocycles. The molecule has 1 N–H and O–H groups in total. The molecule has 3 nitrogen and oxygen atoms in total. The van der Waals surface area contributed by atoms with Crippen LogP contribution in [0.3, 0.4) is 0 Å². The number of hydrogen-bond acceptors (Lipinski definition) is 2. The van der Waals surface area contributed by atoms with Crippen LogP contribution in [-0.2, 0) is 4.74 Å². The second kappa shape index (κ2) is 11.6. The van der Waals surface area contributed by atoms with E-state index in [1.807, 2.05) is 0 Å². The molecule has 0 spiro atoms. The minimum Gasteiger partial charge on any atom is -0.446 e. The summed E-state index contributed by atoms with van der Waals surface area (Å²) in [6, 6.07) is 5.09. The van der Waals surface area contributed by atoms with E-state index in [1.54, 1.807) is 23.8 Å². The summed E-state index contributed by atoms with van der Waals surface area (Å²) in [7, 11) is 0. The summed E-state index contributed by atoms with van der Waals surface area (Å²) in [6.07, 6.45) is 16.0. The lowest BCUT2D eigenvalue weighted by molar-refractivity contribution is -0.0577. The number of fused-ring (bicyclic) bond motifs is 5. The van der Waals surface area contributed by atoms with Crippen molar-refractivity contribution >= 4 is 35.0 Å². The van der Waals surface area contributed by atoms with E-state index in [9.17, 15) is 4.79 Å². The number of carbonyl (C=O) groups excluding carboxylic acids is 1. The first-order valence-corrected chi connectivity index (χ1v) is 16.4. The molecule has 0 heterocycles. The van der Waals surface area contributed by atoms with E-state index in [2.05, 4.69) is 46.0 Å². The van der Waals surface area contributed by atoms with Crippen molar-refractivity contribution in [2.75, 3.05) is 5.32 Å². The van der Waals surface area contributed by atoms with Crippen molar-refractivity contribution in [3.05, 3.63) is 39.9 Å². The summed E-state index contributed by atoms with van der Waals surface area (Å²) < 4.78 is 5.90. The van der Waals surface area contributed by atoms with E-state index in [0.29, 0.717) is 21.1 Å². The van der Waals surface area contributed by atoms with Crippen LogP contribution < -0.4 is 5.32 Å². The lowest BCUT2D eigenvalue weighted by Crippen LogP contribution is -2.51. The van der Waals surface area contributed by atoms with Crippen molar-refractivity contribution in [3.8, 4) is 0 Å². The Balaban J connectivity index is 1.21. The average molecular weight is 575 g/mol. The second-order valence-electron chi connectivity index (χ2n) is 14.3. The van der Waals surface area contributed by atoms with Crippen LogP contribution in [0.15, 0.2) is 29.8 Å². The highest BCUT2D eigenvalue weighted by Crippen LogP contribution is 2.67. The number of ether oxygens (including phenoxy) is 1. The number of carbonyl (C=O) groups is 1. The average Bonchev–Trinajstić information content (AvgIpc) is 3.23. The Bertz CT molecular complexity index is 1080. The van der Waals surface area contributed by atoms with Gasteiger partial charge < -0.3 is 4.74 Å². The predicted octanol–water partition coefficient (Wildman–Crippen LogP) is 11.0. The van der Waals surface area contributed by atoms with Crippen molar-refractivity contribution in [1.29, 1.82) is 0 Å². The Labute approximate surface area is 246 Å². The molecule has 0 aromatic heterocycles. The molecule has 5 rings (SSSR count). The van der Waals surface area contributed by atoms with Crippen molar-refractivity contribution in [2.24, 2.45) is 46.3 Å². The first-order valence-electron chi connectivity index (χ1n) is 15.6. The summed E-state index contributed by atoms with van der Waals surface area (Å²) in [5.74, 6) is 5.03. The Kier molecular flexibility index (Phi) is 8.71. The summed E-state index contributed by atoms with van der Waals surface area (Å²) in [5.41, 5.74) is 2.92. The van der Waals surface area contributed by atoms with Gasteiger partial charge in [-0.25, -0.2) is 4.79 Å². The number of hydrogen-bond donors (Lipinski definition) is 1. The van der Waals surface area contributed by atoms with Crippen LogP contribution in [0.4, 0.5) is 10.5 Å². The molecule has 8 atom stereocenters. The zero-order valence-electron chi connectivity index (χ0n) is 24.7. The van der Waals surface area contributed by atoms with E-state index in [-0.39, 0.29) is 11.5 Å². The number of amides is 1. The van der Waals surface area contributed by atoms with Gasteiger partial charge in [0.2, 0.25) is 0 Å².